The van der Waals surface area contributed by atoms with Crippen LogP contribution in [0.4, 0.5) is 0 Å². The van der Waals surface area contributed by atoms with Gasteiger partial charge in [-0.25, -0.2) is 18.1 Å². The van der Waals surface area contributed by atoms with Crippen LogP contribution < -0.4 is 5.32 Å². The Morgan fingerprint density at radius 3 is 2.38 bits per heavy atom. The van der Waals surface area contributed by atoms with Crippen LogP contribution in [0.1, 0.15) is 39.0 Å². The Labute approximate surface area is 107 Å². The van der Waals surface area contributed by atoms with Crippen molar-refractivity contribution in [3.63, 3.8) is 0 Å². The molecule has 2 saturated heterocycles. The normalized spacial score (nSPS) is 31.3. The molecule has 2 aliphatic heterocycles. The number of allylic oxidation sites excluding steroid dienone is 1. The number of hydrogen-bond donors (Lipinski definition) is 1. The fraction of sp³-hybridized carbons (Fsp3) is 0.727. The molecule has 2 heterocycles. The first-order chi connectivity index (χ1) is 5.79. The molecule has 0 aromatic carbocycles. The summed E-state index contributed by atoms with van der Waals surface area (Å²) in [5, 5.41) is 3.64. The maximum Gasteiger partial charge on any atom is 0 e. The second kappa shape index (κ2) is 4.95. The molecule has 0 amide bonds. The Hall–Kier alpha value is 0.674. The van der Waals surface area contributed by atoms with Crippen LogP contribution in [0.5, 0.6) is 0 Å². The van der Waals surface area contributed by atoms with Crippen LogP contribution in [-0.2, 0) is 32.7 Å². The van der Waals surface area contributed by atoms with E-state index in [0.29, 0.717) is 0 Å². The van der Waals surface area contributed by atoms with Gasteiger partial charge in [0.25, 0.3) is 0 Å². The molecule has 2 aliphatic rings. The summed E-state index contributed by atoms with van der Waals surface area (Å²) < 4.78 is 0. The number of fused-ring (bicyclic) bond motifs is 2. The van der Waals surface area contributed by atoms with Crippen LogP contribution in [0.15, 0.2) is 11.1 Å². The largest absolute Gasteiger partial charge is 0.314 e. The summed E-state index contributed by atoms with van der Waals surface area (Å²) in [6, 6.07) is 1.56. The molecule has 0 aromatic heterocycles. The molecule has 2 atom stereocenters. The van der Waals surface area contributed by atoms with Crippen molar-refractivity contribution < 1.29 is 32.7 Å². The molecule has 2 rings (SSSR count). The first-order valence-electron chi connectivity index (χ1n) is 5.08. The monoisotopic (exact) mass is 253 g/mol. The van der Waals surface area contributed by atoms with Crippen LogP contribution in [-0.4, -0.2) is 12.1 Å². The topological polar surface area (TPSA) is 12.0 Å². The van der Waals surface area contributed by atoms with Crippen molar-refractivity contribution in [2.45, 2.75) is 51.1 Å². The van der Waals surface area contributed by atoms with Crippen LogP contribution >= 0.6 is 0 Å². The predicted octanol–water partition coefficient (Wildman–Crippen LogP) is 2.44. The first-order valence-corrected chi connectivity index (χ1v) is 5.08. The van der Waals surface area contributed by atoms with Crippen molar-refractivity contribution >= 4 is 0 Å². The Balaban J connectivity index is 0.000000845. The van der Waals surface area contributed by atoms with Gasteiger partial charge >= 0.3 is 0 Å². The molecule has 1 radical (unpaired) electrons. The van der Waals surface area contributed by atoms with Crippen molar-refractivity contribution in [3.05, 3.63) is 18.1 Å². The molecule has 0 aliphatic carbocycles. The van der Waals surface area contributed by atoms with Crippen LogP contribution in [0.2, 0.25) is 0 Å². The summed E-state index contributed by atoms with van der Waals surface area (Å²) in [4.78, 5) is 0. The van der Waals surface area contributed by atoms with Crippen LogP contribution in [0.25, 0.3) is 0 Å². The number of hydrogen-bond acceptors (Lipinski definition) is 1. The van der Waals surface area contributed by atoms with Gasteiger partial charge in [-0.1, -0.05) is 26.2 Å². The zero-order valence-electron chi connectivity index (χ0n) is 8.47. The van der Waals surface area contributed by atoms with Gasteiger partial charge in [-0.2, -0.15) is 0 Å². The second-order valence-electron chi connectivity index (χ2n) is 4.11. The van der Waals surface area contributed by atoms with Gasteiger partial charge < -0.3 is 5.32 Å². The van der Waals surface area contributed by atoms with Gasteiger partial charge in [-0.15, -0.1) is 0 Å². The van der Waals surface area contributed by atoms with E-state index < -0.39 is 0 Å². The quantitative estimate of drug-likeness (QED) is 0.708. The van der Waals surface area contributed by atoms with E-state index >= 15 is 0 Å². The zero-order chi connectivity index (χ0) is 8.55. The summed E-state index contributed by atoms with van der Waals surface area (Å²) in [5.74, 6) is 0. The van der Waals surface area contributed by atoms with Gasteiger partial charge in [0.15, 0.2) is 0 Å². The molecule has 0 spiro atoms. The average Bonchev–Trinajstić information content (AvgIpc) is 2.44. The van der Waals surface area contributed by atoms with E-state index in [0.717, 1.165) is 18.5 Å². The Morgan fingerprint density at radius 2 is 1.92 bits per heavy atom. The molecule has 1 N–H and O–H groups in total. The van der Waals surface area contributed by atoms with Gasteiger partial charge in [0.1, 0.15) is 0 Å². The van der Waals surface area contributed by atoms with Crippen molar-refractivity contribution in [2.24, 2.45) is 0 Å². The molecule has 71 valence electrons. The first kappa shape index (κ1) is 11.7. The minimum Gasteiger partial charge on any atom is -0.314 e. The third-order valence-corrected chi connectivity index (χ3v) is 3.25. The molecule has 0 aromatic rings. The van der Waals surface area contributed by atoms with Crippen molar-refractivity contribution in [2.75, 3.05) is 0 Å². The number of rotatable bonds is 1. The molecular formula is C11H18NY-. The summed E-state index contributed by atoms with van der Waals surface area (Å²) in [5.41, 5.74) is 3.04. The van der Waals surface area contributed by atoms with E-state index in [-0.39, 0.29) is 32.7 Å². The number of piperidine rings is 1. The molecule has 2 fully saturated rings. The Kier molecular flexibility index (Phi) is 4.48. The van der Waals surface area contributed by atoms with Gasteiger partial charge in [0.2, 0.25) is 0 Å². The summed E-state index contributed by atoms with van der Waals surface area (Å²) in [6.45, 7) is 6.34. The fourth-order valence-electron chi connectivity index (χ4n) is 2.44. The SMILES string of the molecule is [CH2-]C(CC)=C1CC2CCC(C1)N2.[Y]. The van der Waals surface area contributed by atoms with E-state index in [2.05, 4.69) is 19.2 Å². The standard InChI is InChI=1S/C11H18N.Y/c1-3-8(2)9-6-10-4-5-11(7-9)12-10;/h10-12H,2-7H2,1H3;/q-1;. The van der Waals surface area contributed by atoms with Crippen molar-refractivity contribution in [3.8, 4) is 0 Å². The minimum atomic E-state index is 0. The minimum absolute atomic E-state index is 0. The second-order valence-corrected chi connectivity index (χ2v) is 4.11. The predicted molar refractivity (Wildman–Crippen MR) is 51.9 cm³/mol. The van der Waals surface area contributed by atoms with E-state index in [4.69, 9.17) is 0 Å². The molecule has 1 nitrogen and oxygen atoms in total. The molecule has 2 unspecified atom stereocenters. The molecule has 2 bridgehead atoms. The molecule has 0 saturated carbocycles. The van der Waals surface area contributed by atoms with Crippen LogP contribution in [0, 0.1) is 6.92 Å². The zero-order valence-corrected chi connectivity index (χ0v) is 11.3. The number of nitrogens with one attached hydrogen (secondary N) is 1. The Morgan fingerprint density at radius 1 is 1.38 bits per heavy atom. The van der Waals surface area contributed by atoms with E-state index in [1.165, 1.54) is 31.3 Å². The third kappa shape index (κ3) is 2.58. The maximum atomic E-state index is 4.13. The van der Waals surface area contributed by atoms with Crippen molar-refractivity contribution in [1.82, 2.24) is 5.32 Å². The molecule has 2 heteroatoms. The van der Waals surface area contributed by atoms with Gasteiger partial charge in [0.05, 0.1) is 0 Å². The average molecular weight is 253 g/mol. The summed E-state index contributed by atoms with van der Waals surface area (Å²) in [7, 11) is 0. The van der Waals surface area contributed by atoms with E-state index in [1.54, 1.807) is 5.57 Å². The summed E-state index contributed by atoms with van der Waals surface area (Å²) in [6.07, 6.45) is 6.43. The maximum absolute atomic E-state index is 4.13. The van der Waals surface area contributed by atoms with Gasteiger partial charge in [-0.3, -0.25) is 0 Å². The van der Waals surface area contributed by atoms with E-state index in [1.807, 2.05) is 0 Å². The Bertz CT molecular complexity index is 196. The smallest absolute Gasteiger partial charge is 0 e. The van der Waals surface area contributed by atoms with Gasteiger partial charge in [-0.05, 0) is 24.9 Å². The van der Waals surface area contributed by atoms with Crippen LogP contribution in [0.3, 0.4) is 0 Å². The fourth-order valence-corrected chi connectivity index (χ4v) is 2.44. The summed E-state index contributed by atoms with van der Waals surface area (Å²) >= 11 is 0. The molecular weight excluding hydrogens is 235 g/mol. The van der Waals surface area contributed by atoms with Crippen molar-refractivity contribution in [1.29, 1.82) is 0 Å². The van der Waals surface area contributed by atoms with E-state index in [9.17, 15) is 0 Å². The van der Waals surface area contributed by atoms with Gasteiger partial charge in [0, 0.05) is 32.7 Å². The third-order valence-electron chi connectivity index (χ3n) is 3.25. The molecule has 13 heavy (non-hydrogen) atoms.